The number of hydrogen-bond donors (Lipinski definition) is 2. The summed E-state index contributed by atoms with van der Waals surface area (Å²) in [6, 6.07) is 9.88. The highest BCUT2D eigenvalue weighted by Gasteiger charge is 2.12. The molecule has 0 unspecified atom stereocenters. The van der Waals surface area contributed by atoms with Gasteiger partial charge in [0.25, 0.3) is 0 Å². The Balaban J connectivity index is 1.63. The zero-order valence-electron chi connectivity index (χ0n) is 14.5. The Morgan fingerprint density at radius 1 is 1.19 bits per heavy atom. The molecule has 0 saturated carbocycles. The number of benzene rings is 1. The van der Waals surface area contributed by atoms with Crippen LogP contribution < -0.4 is 10.0 Å². The first-order valence-corrected chi connectivity index (χ1v) is 9.60. The van der Waals surface area contributed by atoms with E-state index in [1.54, 1.807) is 30.5 Å². The number of pyridine rings is 1. The SMILES string of the molecule is CNS(=O)(=O)c1ccc(CCC(=O)Nc2cccnc2-n2cncn2)cc1. The van der Waals surface area contributed by atoms with E-state index in [-0.39, 0.29) is 17.2 Å². The van der Waals surface area contributed by atoms with Crippen LogP contribution >= 0.6 is 0 Å². The standard InChI is InChI=1S/C17H18N6O3S/c1-18-27(25,26)14-7-4-13(5-8-14)6-9-16(24)22-15-3-2-10-20-17(15)23-12-19-11-21-23/h2-5,7-8,10-12,18H,6,9H2,1H3,(H,22,24). The maximum Gasteiger partial charge on any atom is 0.240 e. The van der Waals surface area contributed by atoms with Crippen LogP contribution in [0.5, 0.6) is 0 Å². The van der Waals surface area contributed by atoms with Crippen LogP contribution in [0.25, 0.3) is 5.82 Å². The minimum Gasteiger partial charge on any atom is -0.323 e. The monoisotopic (exact) mass is 386 g/mol. The second kappa shape index (κ2) is 8.06. The van der Waals surface area contributed by atoms with Gasteiger partial charge < -0.3 is 5.32 Å². The van der Waals surface area contributed by atoms with Crippen molar-refractivity contribution < 1.29 is 13.2 Å². The summed E-state index contributed by atoms with van der Waals surface area (Å²) in [5, 5.41) is 6.84. The molecule has 0 bridgehead atoms. The summed E-state index contributed by atoms with van der Waals surface area (Å²) in [5.41, 5.74) is 1.39. The average molecular weight is 386 g/mol. The Hall–Kier alpha value is -3.11. The summed E-state index contributed by atoms with van der Waals surface area (Å²) in [5.74, 6) is 0.293. The molecular weight excluding hydrogens is 368 g/mol. The number of nitrogens with one attached hydrogen (secondary N) is 2. The van der Waals surface area contributed by atoms with Crippen LogP contribution in [0.15, 0.2) is 60.1 Å². The fourth-order valence-corrected chi connectivity index (χ4v) is 3.15. The van der Waals surface area contributed by atoms with E-state index in [9.17, 15) is 13.2 Å². The van der Waals surface area contributed by atoms with Crippen LogP contribution in [0.2, 0.25) is 0 Å². The average Bonchev–Trinajstić information content (AvgIpc) is 3.22. The molecule has 3 rings (SSSR count). The van der Waals surface area contributed by atoms with Crippen molar-refractivity contribution in [2.75, 3.05) is 12.4 Å². The summed E-state index contributed by atoms with van der Waals surface area (Å²) in [7, 11) is -2.10. The Morgan fingerprint density at radius 3 is 2.63 bits per heavy atom. The number of nitrogens with zero attached hydrogens (tertiary/aromatic N) is 4. The van der Waals surface area contributed by atoms with Crippen molar-refractivity contribution >= 4 is 21.6 Å². The topological polar surface area (TPSA) is 119 Å². The van der Waals surface area contributed by atoms with Crippen LogP contribution in [-0.4, -0.2) is 41.1 Å². The first-order valence-electron chi connectivity index (χ1n) is 8.12. The van der Waals surface area contributed by atoms with Crippen molar-refractivity contribution in [2.45, 2.75) is 17.7 Å². The largest absolute Gasteiger partial charge is 0.323 e. The number of carbonyl (C=O) groups is 1. The third-order valence-corrected chi connectivity index (χ3v) is 5.27. The second-order valence-electron chi connectivity index (χ2n) is 5.61. The van der Waals surface area contributed by atoms with Gasteiger partial charge in [0, 0.05) is 12.6 Å². The normalized spacial score (nSPS) is 11.3. The van der Waals surface area contributed by atoms with E-state index in [1.807, 2.05) is 0 Å². The van der Waals surface area contributed by atoms with E-state index in [4.69, 9.17) is 0 Å². The van der Waals surface area contributed by atoms with Gasteiger partial charge in [0.2, 0.25) is 15.9 Å². The predicted octanol–water partition coefficient (Wildman–Crippen LogP) is 1.14. The van der Waals surface area contributed by atoms with Crippen molar-refractivity contribution in [1.82, 2.24) is 24.5 Å². The summed E-state index contributed by atoms with van der Waals surface area (Å²) in [6.07, 6.45) is 5.21. The fourth-order valence-electron chi connectivity index (χ4n) is 2.42. The Morgan fingerprint density at radius 2 is 1.96 bits per heavy atom. The van der Waals surface area contributed by atoms with Gasteiger partial charge >= 0.3 is 0 Å². The molecule has 2 aromatic heterocycles. The molecule has 2 heterocycles. The molecule has 0 radical (unpaired) electrons. The Labute approximate surface area is 156 Å². The second-order valence-corrected chi connectivity index (χ2v) is 7.50. The van der Waals surface area contributed by atoms with E-state index in [0.717, 1.165) is 5.56 Å². The van der Waals surface area contributed by atoms with Gasteiger partial charge in [-0.3, -0.25) is 4.79 Å². The van der Waals surface area contributed by atoms with Gasteiger partial charge in [0.1, 0.15) is 12.7 Å². The lowest BCUT2D eigenvalue weighted by Gasteiger charge is -2.10. The van der Waals surface area contributed by atoms with Crippen LogP contribution in [0, 0.1) is 0 Å². The first kappa shape index (κ1) is 18.7. The van der Waals surface area contributed by atoms with Gasteiger partial charge in [0.15, 0.2) is 5.82 Å². The van der Waals surface area contributed by atoms with Crippen molar-refractivity contribution in [2.24, 2.45) is 0 Å². The lowest BCUT2D eigenvalue weighted by molar-refractivity contribution is -0.116. The number of amides is 1. The zero-order chi connectivity index (χ0) is 19.3. The number of rotatable bonds is 7. The van der Waals surface area contributed by atoms with Crippen LogP contribution in [0.3, 0.4) is 0 Å². The van der Waals surface area contributed by atoms with Crippen molar-refractivity contribution in [3.63, 3.8) is 0 Å². The summed E-state index contributed by atoms with van der Waals surface area (Å²) in [6.45, 7) is 0. The number of carbonyl (C=O) groups excluding carboxylic acids is 1. The van der Waals surface area contributed by atoms with Gasteiger partial charge in [-0.05, 0) is 43.3 Å². The summed E-state index contributed by atoms with van der Waals surface area (Å²) in [4.78, 5) is 20.6. The van der Waals surface area contributed by atoms with E-state index in [2.05, 4.69) is 25.1 Å². The molecule has 27 heavy (non-hydrogen) atoms. The molecule has 0 spiro atoms. The van der Waals surface area contributed by atoms with Crippen molar-refractivity contribution in [3.05, 3.63) is 60.8 Å². The molecule has 0 aliphatic carbocycles. The number of aromatic nitrogens is 4. The molecule has 1 aromatic carbocycles. The predicted molar refractivity (Wildman–Crippen MR) is 98.8 cm³/mol. The highest BCUT2D eigenvalue weighted by atomic mass is 32.2. The zero-order valence-corrected chi connectivity index (χ0v) is 15.3. The van der Waals surface area contributed by atoms with Crippen LogP contribution in [-0.2, 0) is 21.2 Å². The smallest absolute Gasteiger partial charge is 0.240 e. The molecule has 0 fully saturated rings. The highest BCUT2D eigenvalue weighted by molar-refractivity contribution is 7.89. The van der Waals surface area contributed by atoms with E-state index < -0.39 is 10.0 Å². The molecule has 140 valence electrons. The molecule has 0 aliphatic rings. The number of hydrogen-bond acceptors (Lipinski definition) is 6. The summed E-state index contributed by atoms with van der Waals surface area (Å²) < 4.78 is 27.2. The third-order valence-electron chi connectivity index (χ3n) is 3.84. The molecule has 10 heteroatoms. The van der Waals surface area contributed by atoms with E-state index in [1.165, 1.54) is 36.5 Å². The number of anilines is 1. The summed E-state index contributed by atoms with van der Waals surface area (Å²) >= 11 is 0. The number of sulfonamides is 1. The molecule has 0 aliphatic heterocycles. The van der Waals surface area contributed by atoms with Gasteiger partial charge in [0.05, 0.1) is 10.6 Å². The molecule has 0 saturated heterocycles. The fraction of sp³-hybridized carbons (Fsp3) is 0.176. The van der Waals surface area contributed by atoms with Gasteiger partial charge in [-0.15, -0.1) is 0 Å². The number of aryl methyl sites for hydroxylation is 1. The molecule has 9 nitrogen and oxygen atoms in total. The molecule has 0 atom stereocenters. The molecular formula is C17H18N6O3S. The lowest BCUT2D eigenvalue weighted by atomic mass is 10.1. The van der Waals surface area contributed by atoms with Gasteiger partial charge in [-0.25, -0.2) is 27.8 Å². The molecule has 3 aromatic rings. The minimum atomic E-state index is -3.46. The Bertz CT molecular complexity index is 1020. The lowest BCUT2D eigenvalue weighted by Crippen LogP contribution is -2.18. The van der Waals surface area contributed by atoms with E-state index >= 15 is 0 Å². The minimum absolute atomic E-state index is 0.184. The maximum absolute atomic E-state index is 12.3. The maximum atomic E-state index is 12.3. The molecule has 1 amide bonds. The van der Waals surface area contributed by atoms with Gasteiger partial charge in [-0.2, -0.15) is 5.10 Å². The first-order chi connectivity index (χ1) is 13.0. The molecule has 2 N–H and O–H groups in total. The van der Waals surface area contributed by atoms with E-state index in [0.29, 0.717) is 17.9 Å². The van der Waals surface area contributed by atoms with Crippen LogP contribution in [0.4, 0.5) is 5.69 Å². The van der Waals surface area contributed by atoms with Crippen molar-refractivity contribution in [3.8, 4) is 5.82 Å². The quantitative estimate of drug-likeness (QED) is 0.629. The highest BCUT2D eigenvalue weighted by Crippen LogP contribution is 2.17. The Kier molecular flexibility index (Phi) is 5.57. The third kappa shape index (κ3) is 4.54. The van der Waals surface area contributed by atoms with Gasteiger partial charge in [-0.1, -0.05) is 12.1 Å². The van der Waals surface area contributed by atoms with Crippen molar-refractivity contribution in [1.29, 1.82) is 0 Å². The van der Waals surface area contributed by atoms with Crippen LogP contribution in [0.1, 0.15) is 12.0 Å².